The molecular weight excluding hydrogens is 228 g/mol. The Morgan fingerprint density at radius 2 is 1.94 bits per heavy atom. The Labute approximate surface area is 110 Å². The summed E-state index contributed by atoms with van der Waals surface area (Å²) in [5.74, 6) is 0.747. The van der Waals surface area contributed by atoms with E-state index in [1.165, 1.54) is 32.1 Å². The predicted molar refractivity (Wildman–Crippen MR) is 74.7 cm³/mol. The van der Waals surface area contributed by atoms with Gasteiger partial charge in [0.05, 0.1) is 6.54 Å². The van der Waals surface area contributed by atoms with E-state index in [0.717, 1.165) is 18.9 Å². The highest BCUT2D eigenvalue weighted by molar-refractivity contribution is 5.86. The number of carbonyl (C=O) groups excluding carboxylic acids is 1. The summed E-state index contributed by atoms with van der Waals surface area (Å²) in [7, 11) is 1.74. The third kappa shape index (κ3) is 5.89. The van der Waals surface area contributed by atoms with Crippen LogP contribution in [0.5, 0.6) is 0 Å². The number of rotatable bonds is 5. The van der Waals surface area contributed by atoms with E-state index in [0.29, 0.717) is 6.04 Å². The lowest BCUT2D eigenvalue weighted by Gasteiger charge is -2.24. The van der Waals surface area contributed by atoms with Crippen molar-refractivity contribution >= 4 is 11.9 Å². The number of hydrogen-bond acceptors (Lipinski definition) is 2. The standard InChI is InChI=1S/C13H26N4O/c1-3-9-15-12(18)10-16-13(14-2)17-11-7-5-4-6-8-11/h11H,3-10H2,1-2H3,(H,15,18)(H2,14,16,17). The van der Waals surface area contributed by atoms with Gasteiger partial charge in [-0.05, 0) is 19.3 Å². The molecule has 1 aliphatic rings. The second-order valence-electron chi connectivity index (χ2n) is 4.75. The minimum Gasteiger partial charge on any atom is -0.355 e. The van der Waals surface area contributed by atoms with Crippen LogP contribution in [-0.4, -0.2) is 38.0 Å². The summed E-state index contributed by atoms with van der Waals surface area (Å²) in [6.45, 7) is 3.05. The van der Waals surface area contributed by atoms with Gasteiger partial charge in [-0.2, -0.15) is 0 Å². The molecule has 0 aliphatic heterocycles. The highest BCUT2D eigenvalue weighted by atomic mass is 16.1. The Balaban J connectivity index is 2.22. The van der Waals surface area contributed by atoms with Crippen LogP contribution < -0.4 is 16.0 Å². The first-order valence-electron chi connectivity index (χ1n) is 7.00. The molecule has 0 bridgehead atoms. The van der Waals surface area contributed by atoms with Gasteiger partial charge in [0.15, 0.2) is 5.96 Å². The zero-order chi connectivity index (χ0) is 13.2. The first kappa shape index (κ1) is 14.8. The van der Waals surface area contributed by atoms with Crippen LogP contribution in [0.3, 0.4) is 0 Å². The molecule has 3 N–H and O–H groups in total. The number of aliphatic imine (C=N–C) groups is 1. The molecule has 1 aliphatic carbocycles. The molecule has 0 spiro atoms. The number of nitrogens with zero attached hydrogens (tertiary/aromatic N) is 1. The van der Waals surface area contributed by atoms with Gasteiger partial charge in [0.2, 0.25) is 5.91 Å². The molecule has 0 aromatic carbocycles. The molecule has 5 nitrogen and oxygen atoms in total. The average Bonchev–Trinajstić information content (AvgIpc) is 2.42. The van der Waals surface area contributed by atoms with Crippen LogP contribution in [0.15, 0.2) is 4.99 Å². The first-order chi connectivity index (χ1) is 8.76. The molecule has 1 amide bonds. The molecule has 5 heteroatoms. The average molecular weight is 254 g/mol. The largest absolute Gasteiger partial charge is 0.355 e. The summed E-state index contributed by atoms with van der Waals surface area (Å²) in [5.41, 5.74) is 0. The molecule has 104 valence electrons. The molecule has 0 aromatic rings. The van der Waals surface area contributed by atoms with E-state index in [1.54, 1.807) is 7.05 Å². The van der Waals surface area contributed by atoms with Gasteiger partial charge in [0, 0.05) is 19.6 Å². The minimum absolute atomic E-state index is 0.0171. The maximum atomic E-state index is 11.5. The summed E-state index contributed by atoms with van der Waals surface area (Å²) in [4.78, 5) is 15.6. The number of hydrogen-bond donors (Lipinski definition) is 3. The van der Waals surface area contributed by atoms with Gasteiger partial charge in [-0.25, -0.2) is 0 Å². The van der Waals surface area contributed by atoms with Gasteiger partial charge in [-0.1, -0.05) is 26.2 Å². The monoisotopic (exact) mass is 254 g/mol. The molecule has 0 heterocycles. The Bertz CT molecular complexity index is 272. The quantitative estimate of drug-likeness (QED) is 0.507. The Morgan fingerprint density at radius 3 is 2.56 bits per heavy atom. The topological polar surface area (TPSA) is 65.5 Å². The maximum absolute atomic E-state index is 11.5. The molecule has 0 aromatic heterocycles. The van der Waals surface area contributed by atoms with Crippen molar-refractivity contribution in [2.45, 2.75) is 51.5 Å². The lowest BCUT2D eigenvalue weighted by Crippen LogP contribution is -2.47. The lowest BCUT2D eigenvalue weighted by atomic mass is 9.96. The molecule has 1 saturated carbocycles. The van der Waals surface area contributed by atoms with Crippen molar-refractivity contribution in [3.05, 3.63) is 0 Å². The van der Waals surface area contributed by atoms with Gasteiger partial charge in [0.1, 0.15) is 0 Å². The van der Waals surface area contributed by atoms with Gasteiger partial charge in [0.25, 0.3) is 0 Å². The predicted octanol–water partition coefficient (Wildman–Crippen LogP) is 1.01. The van der Waals surface area contributed by atoms with Crippen molar-refractivity contribution in [3.8, 4) is 0 Å². The van der Waals surface area contributed by atoms with Crippen molar-refractivity contribution in [2.24, 2.45) is 4.99 Å². The highest BCUT2D eigenvalue weighted by Crippen LogP contribution is 2.16. The van der Waals surface area contributed by atoms with Crippen LogP contribution in [0.4, 0.5) is 0 Å². The Hall–Kier alpha value is -1.26. The van der Waals surface area contributed by atoms with Gasteiger partial charge in [-0.3, -0.25) is 9.79 Å². The smallest absolute Gasteiger partial charge is 0.239 e. The molecule has 0 unspecified atom stereocenters. The second kappa shape index (κ2) is 8.78. The van der Waals surface area contributed by atoms with Crippen LogP contribution >= 0.6 is 0 Å². The fourth-order valence-corrected chi connectivity index (χ4v) is 2.13. The number of guanidine groups is 1. The fraction of sp³-hybridized carbons (Fsp3) is 0.846. The van der Waals surface area contributed by atoms with Crippen LogP contribution in [-0.2, 0) is 4.79 Å². The van der Waals surface area contributed by atoms with E-state index in [4.69, 9.17) is 0 Å². The third-order valence-corrected chi connectivity index (χ3v) is 3.16. The van der Waals surface area contributed by atoms with Crippen molar-refractivity contribution < 1.29 is 4.79 Å². The van der Waals surface area contributed by atoms with E-state index >= 15 is 0 Å². The van der Waals surface area contributed by atoms with Crippen LogP contribution in [0.2, 0.25) is 0 Å². The summed E-state index contributed by atoms with van der Waals surface area (Å²) in [6.07, 6.45) is 7.26. The molecule has 0 atom stereocenters. The summed E-state index contributed by atoms with van der Waals surface area (Å²) < 4.78 is 0. The lowest BCUT2D eigenvalue weighted by molar-refractivity contribution is -0.120. The molecule has 0 saturated heterocycles. The van der Waals surface area contributed by atoms with E-state index in [1.807, 2.05) is 6.92 Å². The van der Waals surface area contributed by atoms with E-state index < -0.39 is 0 Å². The summed E-state index contributed by atoms with van der Waals surface area (Å²) in [5, 5.41) is 9.26. The molecule has 1 rings (SSSR count). The molecule has 1 fully saturated rings. The number of carbonyl (C=O) groups is 1. The SMILES string of the molecule is CCCNC(=O)CNC(=NC)NC1CCCCC1. The van der Waals surface area contributed by atoms with Crippen molar-refractivity contribution in [1.82, 2.24) is 16.0 Å². The van der Waals surface area contributed by atoms with Crippen molar-refractivity contribution in [1.29, 1.82) is 0 Å². The van der Waals surface area contributed by atoms with E-state index in [-0.39, 0.29) is 12.5 Å². The van der Waals surface area contributed by atoms with Gasteiger partial charge < -0.3 is 16.0 Å². The first-order valence-corrected chi connectivity index (χ1v) is 7.00. The van der Waals surface area contributed by atoms with Crippen LogP contribution in [0.25, 0.3) is 0 Å². The third-order valence-electron chi connectivity index (χ3n) is 3.16. The van der Waals surface area contributed by atoms with Crippen molar-refractivity contribution in [2.75, 3.05) is 20.1 Å². The second-order valence-corrected chi connectivity index (χ2v) is 4.75. The minimum atomic E-state index is 0.0171. The molecule has 18 heavy (non-hydrogen) atoms. The van der Waals surface area contributed by atoms with Crippen LogP contribution in [0.1, 0.15) is 45.4 Å². The van der Waals surface area contributed by atoms with Gasteiger partial charge >= 0.3 is 0 Å². The molecule has 0 radical (unpaired) electrons. The fourth-order valence-electron chi connectivity index (χ4n) is 2.13. The molecular formula is C13H26N4O. The van der Waals surface area contributed by atoms with E-state index in [2.05, 4.69) is 20.9 Å². The summed E-state index contributed by atoms with van der Waals surface area (Å²) >= 11 is 0. The zero-order valence-electron chi connectivity index (χ0n) is 11.6. The Morgan fingerprint density at radius 1 is 1.22 bits per heavy atom. The number of amides is 1. The Kier molecular flexibility index (Phi) is 7.22. The highest BCUT2D eigenvalue weighted by Gasteiger charge is 2.14. The van der Waals surface area contributed by atoms with Crippen molar-refractivity contribution in [3.63, 3.8) is 0 Å². The van der Waals surface area contributed by atoms with Gasteiger partial charge in [-0.15, -0.1) is 0 Å². The maximum Gasteiger partial charge on any atom is 0.239 e. The van der Waals surface area contributed by atoms with Crippen LogP contribution in [0, 0.1) is 0 Å². The normalized spacial score (nSPS) is 17.3. The zero-order valence-corrected chi connectivity index (χ0v) is 11.6. The van der Waals surface area contributed by atoms with E-state index in [9.17, 15) is 4.79 Å². The summed E-state index contributed by atoms with van der Waals surface area (Å²) in [6, 6.07) is 0.503. The number of nitrogens with one attached hydrogen (secondary N) is 3.